The molecule has 0 atom stereocenters. The molecule has 0 saturated carbocycles. The van der Waals surface area contributed by atoms with E-state index >= 15 is 0 Å². The molecule has 0 bridgehead atoms. The number of nitrogens with two attached hydrogens (primary N) is 1. The first kappa shape index (κ1) is 14.7. The smallest absolute Gasteiger partial charge is 0.265 e. The minimum absolute atomic E-state index is 0.115. The molecule has 0 saturated heterocycles. The zero-order chi connectivity index (χ0) is 14.3. The van der Waals surface area contributed by atoms with E-state index in [0.717, 1.165) is 5.56 Å². The number of carbonyl (C=O) groups is 3. The lowest BCUT2D eigenvalue weighted by Gasteiger charge is -2.06. The molecule has 0 fully saturated rings. The number of amides is 2. The van der Waals surface area contributed by atoms with E-state index < -0.39 is 11.9 Å². The maximum atomic E-state index is 11.3. The number of carboxylic acid groups (broad SMARTS) is 1. The molecule has 1 aromatic rings. The highest BCUT2D eigenvalue weighted by molar-refractivity contribution is 5.93. The second-order valence-corrected chi connectivity index (χ2v) is 3.82. The van der Waals surface area contributed by atoms with Gasteiger partial charge in [0.1, 0.15) is 0 Å². The first-order chi connectivity index (χ1) is 9.02. The summed E-state index contributed by atoms with van der Waals surface area (Å²) in [5.74, 6) is 2.97. The zero-order valence-electron chi connectivity index (χ0n) is 10.1. The van der Waals surface area contributed by atoms with Crippen LogP contribution in [0.25, 0.3) is 0 Å². The van der Waals surface area contributed by atoms with E-state index in [0.29, 0.717) is 5.56 Å². The SMILES string of the molecule is NNC(=O)c1ccc(CNC(=O)CCC(=O)[O-])cc1. The van der Waals surface area contributed by atoms with Gasteiger partial charge in [-0.05, 0) is 24.1 Å². The van der Waals surface area contributed by atoms with Gasteiger partial charge in [0.2, 0.25) is 5.91 Å². The number of nitrogen functional groups attached to an aromatic ring is 1. The van der Waals surface area contributed by atoms with Crippen LogP contribution in [0.3, 0.4) is 0 Å². The largest absolute Gasteiger partial charge is 0.550 e. The number of nitrogens with one attached hydrogen (secondary N) is 2. The standard InChI is InChI=1S/C12H15N3O4/c13-15-12(19)9-3-1-8(2-4-9)7-14-10(16)5-6-11(17)18/h1-4H,5-7,13H2,(H,14,16)(H,15,19)(H,17,18)/p-1. The molecule has 0 spiro atoms. The molecule has 0 unspecified atom stereocenters. The summed E-state index contributed by atoms with van der Waals surface area (Å²) in [7, 11) is 0. The summed E-state index contributed by atoms with van der Waals surface area (Å²) >= 11 is 0. The highest BCUT2D eigenvalue weighted by Crippen LogP contribution is 2.04. The minimum Gasteiger partial charge on any atom is -0.550 e. The lowest BCUT2D eigenvalue weighted by Crippen LogP contribution is -2.30. The van der Waals surface area contributed by atoms with E-state index in [9.17, 15) is 19.5 Å². The van der Waals surface area contributed by atoms with E-state index in [-0.39, 0.29) is 25.3 Å². The first-order valence-corrected chi connectivity index (χ1v) is 5.59. The Balaban J connectivity index is 2.43. The third-order valence-electron chi connectivity index (χ3n) is 2.39. The van der Waals surface area contributed by atoms with Gasteiger partial charge in [-0.2, -0.15) is 0 Å². The third kappa shape index (κ3) is 5.17. The van der Waals surface area contributed by atoms with Gasteiger partial charge in [0.05, 0.1) is 0 Å². The Hall–Kier alpha value is -2.41. The highest BCUT2D eigenvalue weighted by atomic mass is 16.4. The highest BCUT2D eigenvalue weighted by Gasteiger charge is 2.04. The lowest BCUT2D eigenvalue weighted by atomic mass is 10.1. The van der Waals surface area contributed by atoms with Crippen LogP contribution in [0.1, 0.15) is 28.8 Å². The third-order valence-corrected chi connectivity index (χ3v) is 2.39. The zero-order valence-corrected chi connectivity index (χ0v) is 10.1. The van der Waals surface area contributed by atoms with Gasteiger partial charge in [-0.25, -0.2) is 5.84 Å². The molecular weight excluding hydrogens is 250 g/mol. The van der Waals surface area contributed by atoms with Gasteiger partial charge in [0.25, 0.3) is 5.91 Å². The second kappa shape index (κ2) is 7.12. The van der Waals surface area contributed by atoms with Gasteiger partial charge in [0.15, 0.2) is 0 Å². The lowest BCUT2D eigenvalue weighted by molar-refractivity contribution is -0.305. The fourth-order valence-electron chi connectivity index (χ4n) is 1.36. The van der Waals surface area contributed by atoms with Crippen LogP contribution in [-0.2, 0) is 16.1 Å². The average molecular weight is 264 g/mol. The molecule has 1 rings (SSSR count). The monoisotopic (exact) mass is 264 g/mol. The average Bonchev–Trinajstić information content (AvgIpc) is 2.42. The van der Waals surface area contributed by atoms with E-state index in [1.54, 1.807) is 24.3 Å². The van der Waals surface area contributed by atoms with Crippen molar-refractivity contribution >= 4 is 17.8 Å². The Kier molecular flexibility index (Phi) is 5.49. The molecule has 0 radical (unpaired) electrons. The summed E-state index contributed by atoms with van der Waals surface area (Å²) in [4.78, 5) is 32.6. The number of hydrazine groups is 1. The van der Waals surface area contributed by atoms with Crippen molar-refractivity contribution in [1.29, 1.82) is 0 Å². The van der Waals surface area contributed by atoms with Crippen molar-refractivity contribution in [2.24, 2.45) is 5.84 Å². The number of benzene rings is 1. The number of carbonyl (C=O) groups excluding carboxylic acids is 3. The molecule has 0 aromatic heterocycles. The Morgan fingerprint density at radius 3 is 2.26 bits per heavy atom. The molecule has 0 aliphatic heterocycles. The minimum atomic E-state index is -1.26. The predicted molar refractivity (Wildman–Crippen MR) is 64.2 cm³/mol. The Morgan fingerprint density at radius 2 is 1.74 bits per heavy atom. The van der Waals surface area contributed by atoms with Crippen molar-refractivity contribution in [3.05, 3.63) is 35.4 Å². The molecule has 7 nitrogen and oxygen atoms in total. The molecule has 2 amide bonds. The summed E-state index contributed by atoms with van der Waals surface area (Å²) < 4.78 is 0. The second-order valence-electron chi connectivity index (χ2n) is 3.82. The van der Waals surface area contributed by atoms with Gasteiger partial charge in [0, 0.05) is 24.5 Å². The van der Waals surface area contributed by atoms with Gasteiger partial charge >= 0.3 is 0 Å². The van der Waals surface area contributed by atoms with E-state index in [1.165, 1.54) is 0 Å². The molecule has 0 aliphatic carbocycles. The van der Waals surface area contributed by atoms with Crippen LogP contribution in [0.2, 0.25) is 0 Å². The summed E-state index contributed by atoms with van der Waals surface area (Å²) in [6.45, 7) is 0.260. The van der Waals surface area contributed by atoms with Gasteiger partial charge in [-0.3, -0.25) is 15.0 Å². The number of carboxylic acids is 1. The van der Waals surface area contributed by atoms with E-state index in [2.05, 4.69) is 5.32 Å². The molecule has 102 valence electrons. The van der Waals surface area contributed by atoms with Crippen molar-refractivity contribution in [3.8, 4) is 0 Å². The molecule has 4 N–H and O–H groups in total. The van der Waals surface area contributed by atoms with Crippen molar-refractivity contribution in [1.82, 2.24) is 10.7 Å². The number of hydrogen-bond donors (Lipinski definition) is 3. The summed E-state index contributed by atoms with van der Waals surface area (Å²) in [6.07, 6.45) is -0.419. The summed E-state index contributed by atoms with van der Waals surface area (Å²) in [5.41, 5.74) is 3.21. The van der Waals surface area contributed by atoms with Crippen LogP contribution < -0.4 is 21.7 Å². The van der Waals surface area contributed by atoms with Crippen LogP contribution >= 0.6 is 0 Å². The molecule has 1 aromatic carbocycles. The normalized spacial score (nSPS) is 9.74. The van der Waals surface area contributed by atoms with Gasteiger partial charge in [-0.1, -0.05) is 12.1 Å². The molecular formula is C12H14N3O4-. The Bertz CT molecular complexity index is 470. The van der Waals surface area contributed by atoms with E-state index in [4.69, 9.17) is 5.84 Å². The van der Waals surface area contributed by atoms with Crippen LogP contribution in [0.5, 0.6) is 0 Å². The molecule has 0 heterocycles. The van der Waals surface area contributed by atoms with Crippen molar-refractivity contribution in [3.63, 3.8) is 0 Å². The van der Waals surface area contributed by atoms with Crippen LogP contribution in [0, 0.1) is 0 Å². The number of aliphatic carboxylic acids is 1. The van der Waals surface area contributed by atoms with Crippen LogP contribution in [0.4, 0.5) is 0 Å². The number of hydrogen-bond acceptors (Lipinski definition) is 5. The Morgan fingerprint density at radius 1 is 1.11 bits per heavy atom. The van der Waals surface area contributed by atoms with Crippen molar-refractivity contribution in [2.45, 2.75) is 19.4 Å². The van der Waals surface area contributed by atoms with Crippen molar-refractivity contribution in [2.75, 3.05) is 0 Å². The van der Waals surface area contributed by atoms with Gasteiger partial charge < -0.3 is 15.2 Å². The molecule has 7 heteroatoms. The van der Waals surface area contributed by atoms with Crippen LogP contribution in [-0.4, -0.2) is 17.8 Å². The summed E-state index contributed by atoms with van der Waals surface area (Å²) in [6, 6.07) is 6.49. The van der Waals surface area contributed by atoms with Crippen LogP contribution in [0.15, 0.2) is 24.3 Å². The summed E-state index contributed by atoms with van der Waals surface area (Å²) in [5, 5.41) is 12.7. The van der Waals surface area contributed by atoms with E-state index in [1.807, 2.05) is 5.43 Å². The fraction of sp³-hybridized carbons (Fsp3) is 0.250. The molecule has 19 heavy (non-hydrogen) atoms. The van der Waals surface area contributed by atoms with Crippen molar-refractivity contribution < 1.29 is 19.5 Å². The first-order valence-electron chi connectivity index (χ1n) is 5.59. The topological polar surface area (TPSA) is 124 Å². The number of rotatable bonds is 6. The predicted octanol–water partition coefficient (Wildman–Crippen LogP) is -1.56. The molecule has 0 aliphatic rings. The maximum absolute atomic E-state index is 11.3. The quantitative estimate of drug-likeness (QED) is 0.325. The van der Waals surface area contributed by atoms with Gasteiger partial charge in [-0.15, -0.1) is 0 Å². The fourth-order valence-corrected chi connectivity index (χ4v) is 1.36. The Labute approximate surface area is 109 Å². The maximum Gasteiger partial charge on any atom is 0.265 e.